The molecule has 0 spiro atoms. The number of hydrogen-bond donors (Lipinski definition) is 1. The molecule has 0 aliphatic rings. The summed E-state index contributed by atoms with van der Waals surface area (Å²) in [5, 5.41) is 2.60. The normalized spacial score (nSPS) is 10.4. The Morgan fingerprint density at radius 3 is 2.52 bits per heavy atom. The number of imidazole rings is 1. The number of hydrogen-bond acceptors (Lipinski definition) is 5. The highest BCUT2D eigenvalue weighted by molar-refractivity contribution is 5.97. The second-order valence-corrected chi connectivity index (χ2v) is 5.99. The first-order valence-electron chi connectivity index (χ1n) is 8.16. The van der Waals surface area contributed by atoms with E-state index in [1.165, 1.54) is 11.1 Å². The van der Waals surface area contributed by atoms with Crippen molar-refractivity contribution in [1.29, 1.82) is 0 Å². The van der Waals surface area contributed by atoms with Crippen LogP contribution in [0.4, 0.5) is 5.69 Å². The zero-order valence-corrected chi connectivity index (χ0v) is 14.9. The van der Waals surface area contributed by atoms with Gasteiger partial charge in [0, 0.05) is 37.7 Å². The van der Waals surface area contributed by atoms with Crippen molar-refractivity contribution in [2.75, 3.05) is 26.0 Å². The lowest BCUT2D eigenvalue weighted by atomic mass is 10.2. The van der Waals surface area contributed by atoms with Crippen LogP contribution in [-0.2, 0) is 9.53 Å². The minimum atomic E-state index is -0.680. The Morgan fingerprint density at radius 1 is 1.11 bits per heavy atom. The lowest BCUT2D eigenvalue weighted by molar-refractivity contribution is -0.119. The van der Waals surface area contributed by atoms with Gasteiger partial charge in [0.15, 0.2) is 12.3 Å². The number of amides is 2. The van der Waals surface area contributed by atoms with E-state index in [1.807, 2.05) is 12.1 Å². The molecule has 3 rings (SSSR count). The first-order valence-corrected chi connectivity index (χ1v) is 8.16. The Labute approximate surface area is 155 Å². The van der Waals surface area contributed by atoms with E-state index < -0.39 is 18.5 Å². The summed E-state index contributed by atoms with van der Waals surface area (Å²) in [5.74, 6) is -1.30. The van der Waals surface area contributed by atoms with Crippen molar-refractivity contribution in [1.82, 2.24) is 14.3 Å². The molecule has 0 aliphatic heterocycles. The lowest BCUT2D eigenvalue weighted by Gasteiger charge is -2.11. The molecule has 0 radical (unpaired) electrons. The van der Waals surface area contributed by atoms with Gasteiger partial charge in [-0.25, -0.2) is 9.78 Å². The fraction of sp³-hybridized carbons (Fsp3) is 0.158. The van der Waals surface area contributed by atoms with Gasteiger partial charge in [-0.2, -0.15) is 0 Å². The van der Waals surface area contributed by atoms with Gasteiger partial charge in [0.2, 0.25) is 0 Å². The van der Waals surface area contributed by atoms with Gasteiger partial charge in [0.25, 0.3) is 11.8 Å². The Kier molecular flexibility index (Phi) is 5.16. The number of rotatable bonds is 5. The van der Waals surface area contributed by atoms with Crippen molar-refractivity contribution in [3.63, 3.8) is 0 Å². The predicted molar refractivity (Wildman–Crippen MR) is 98.6 cm³/mol. The van der Waals surface area contributed by atoms with Gasteiger partial charge < -0.3 is 19.4 Å². The van der Waals surface area contributed by atoms with Crippen molar-refractivity contribution < 1.29 is 19.1 Å². The molecular formula is C19H18N4O4. The Balaban J connectivity index is 1.54. The van der Waals surface area contributed by atoms with E-state index in [9.17, 15) is 14.4 Å². The number of carbonyl (C=O) groups is 3. The minimum Gasteiger partial charge on any atom is -0.451 e. The number of ether oxygens (including phenoxy) is 1. The van der Waals surface area contributed by atoms with Crippen LogP contribution in [0.25, 0.3) is 5.65 Å². The van der Waals surface area contributed by atoms with Gasteiger partial charge in [-0.3, -0.25) is 9.59 Å². The number of benzene rings is 1. The lowest BCUT2D eigenvalue weighted by Crippen LogP contribution is -2.22. The quantitative estimate of drug-likeness (QED) is 0.696. The molecule has 0 fully saturated rings. The SMILES string of the molecule is CN(C)C(=O)c1ccc(NC(=O)COC(=O)c2cn3ccccc3n2)cc1. The average Bonchev–Trinajstić information content (AvgIpc) is 3.10. The Morgan fingerprint density at radius 2 is 1.85 bits per heavy atom. The van der Waals surface area contributed by atoms with Crippen LogP contribution in [0, 0.1) is 0 Å². The molecule has 0 atom stereocenters. The molecule has 0 unspecified atom stereocenters. The van der Waals surface area contributed by atoms with E-state index in [4.69, 9.17) is 4.74 Å². The maximum Gasteiger partial charge on any atom is 0.359 e. The van der Waals surface area contributed by atoms with Crippen LogP contribution in [0.1, 0.15) is 20.8 Å². The molecular weight excluding hydrogens is 348 g/mol. The fourth-order valence-corrected chi connectivity index (χ4v) is 2.39. The van der Waals surface area contributed by atoms with E-state index in [2.05, 4.69) is 10.3 Å². The van der Waals surface area contributed by atoms with E-state index in [-0.39, 0.29) is 11.6 Å². The van der Waals surface area contributed by atoms with Crippen LogP contribution in [0.5, 0.6) is 0 Å². The maximum absolute atomic E-state index is 12.0. The average molecular weight is 366 g/mol. The highest BCUT2D eigenvalue weighted by Gasteiger charge is 2.14. The smallest absolute Gasteiger partial charge is 0.359 e. The zero-order chi connectivity index (χ0) is 19.4. The first kappa shape index (κ1) is 18.1. The Hall–Kier alpha value is -3.68. The second-order valence-electron chi connectivity index (χ2n) is 5.99. The highest BCUT2D eigenvalue weighted by atomic mass is 16.5. The van der Waals surface area contributed by atoms with Crippen molar-refractivity contribution in [3.05, 3.63) is 66.1 Å². The number of nitrogens with one attached hydrogen (secondary N) is 1. The van der Waals surface area contributed by atoms with E-state index in [0.717, 1.165) is 0 Å². The summed E-state index contributed by atoms with van der Waals surface area (Å²) in [6.07, 6.45) is 3.30. The van der Waals surface area contributed by atoms with Crippen LogP contribution in [-0.4, -0.2) is 52.8 Å². The number of anilines is 1. The molecule has 27 heavy (non-hydrogen) atoms. The largest absolute Gasteiger partial charge is 0.451 e. The molecule has 1 N–H and O–H groups in total. The van der Waals surface area contributed by atoms with Crippen molar-refractivity contribution in [2.45, 2.75) is 0 Å². The first-order chi connectivity index (χ1) is 12.9. The van der Waals surface area contributed by atoms with Gasteiger partial charge in [-0.1, -0.05) is 6.07 Å². The molecule has 2 aromatic heterocycles. The van der Waals surface area contributed by atoms with Crippen LogP contribution in [0.2, 0.25) is 0 Å². The molecule has 0 saturated carbocycles. The minimum absolute atomic E-state index is 0.126. The molecule has 0 aliphatic carbocycles. The molecule has 0 bridgehead atoms. The summed E-state index contributed by atoms with van der Waals surface area (Å²) in [5.41, 5.74) is 1.75. The highest BCUT2D eigenvalue weighted by Crippen LogP contribution is 2.11. The zero-order valence-electron chi connectivity index (χ0n) is 14.9. The van der Waals surface area contributed by atoms with Crippen LogP contribution < -0.4 is 5.32 Å². The van der Waals surface area contributed by atoms with Crippen LogP contribution in [0.3, 0.4) is 0 Å². The van der Waals surface area contributed by atoms with Gasteiger partial charge in [-0.05, 0) is 36.4 Å². The summed E-state index contributed by atoms with van der Waals surface area (Å²) >= 11 is 0. The van der Waals surface area contributed by atoms with E-state index in [1.54, 1.807) is 55.0 Å². The summed E-state index contributed by atoms with van der Waals surface area (Å²) in [7, 11) is 3.32. The van der Waals surface area contributed by atoms with E-state index in [0.29, 0.717) is 16.9 Å². The standard InChI is InChI=1S/C19H18N4O4/c1-22(2)18(25)13-6-8-14(9-7-13)20-17(24)12-27-19(26)15-11-23-10-4-3-5-16(23)21-15/h3-11H,12H2,1-2H3,(H,20,24). The van der Waals surface area contributed by atoms with E-state index >= 15 is 0 Å². The third-order valence-electron chi connectivity index (χ3n) is 3.73. The van der Waals surface area contributed by atoms with Crippen LogP contribution >= 0.6 is 0 Å². The van der Waals surface area contributed by atoms with Gasteiger partial charge in [-0.15, -0.1) is 0 Å². The number of nitrogens with zero attached hydrogens (tertiary/aromatic N) is 3. The Bertz CT molecular complexity index is 959. The summed E-state index contributed by atoms with van der Waals surface area (Å²) in [4.78, 5) is 41.4. The molecule has 138 valence electrons. The maximum atomic E-state index is 12.0. The van der Waals surface area contributed by atoms with Crippen molar-refractivity contribution in [3.8, 4) is 0 Å². The summed E-state index contributed by atoms with van der Waals surface area (Å²) < 4.78 is 6.69. The number of aromatic nitrogens is 2. The van der Waals surface area contributed by atoms with Gasteiger partial charge >= 0.3 is 5.97 Å². The molecule has 1 aromatic carbocycles. The fourth-order valence-electron chi connectivity index (χ4n) is 2.39. The van der Waals surface area contributed by atoms with Gasteiger partial charge in [0.1, 0.15) is 5.65 Å². The number of fused-ring (bicyclic) bond motifs is 1. The third kappa shape index (κ3) is 4.30. The third-order valence-corrected chi connectivity index (χ3v) is 3.73. The summed E-state index contributed by atoms with van der Waals surface area (Å²) in [6.45, 7) is -0.439. The topological polar surface area (TPSA) is 93.0 Å². The molecule has 8 heteroatoms. The predicted octanol–water partition coefficient (Wildman–Crippen LogP) is 1.83. The molecule has 2 amide bonds. The molecule has 3 aromatic rings. The number of pyridine rings is 1. The summed E-state index contributed by atoms with van der Waals surface area (Å²) in [6, 6.07) is 11.8. The van der Waals surface area contributed by atoms with Crippen LogP contribution in [0.15, 0.2) is 54.9 Å². The molecule has 0 saturated heterocycles. The number of carbonyl (C=O) groups excluding carboxylic acids is 3. The molecule has 8 nitrogen and oxygen atoms in total. The van der Waals surface area contributed by atoms with Gasteiger partial charge in [0.05, 0.1) is 0 Å². The second kappa shape index (κ2) is 7.69. The number of esters is 1. The molecule has 2 heterocycles. The van der Waals surface area contributed by atoms with Crippen molar-refractivity contribution >= 4 is 29.1 Å². The van der Waals surface area contributed by atoms with Crippen molar-refractivity contribution in [2.24, 2.45) is 0 Å². The monoisotopic (exact) mass is 366 g/mol.